The summed E-state index contributed by atoms with van der Waals surface area (Å²) in [5.41, 5.74) is 0.884. The van der Waals surface area contributed by atoms with Crippen LogP contribution in [0.4, 0.5) is 0 Å². The Hall–Kier alpha value is -3.22. The van der Waals surface area contributed by atoms with Gasteiger partial charge in [-0.2, -0.15) is 5.10 Å². The minimum atomic E-state index is -0.416. The number of hydrogen-bond donors (Lipinski definition) is 1. The van der Waals surface area contributed by atoms with Gasteiger partial charge in [0.05, 0.1) is 0 Å². The van der Waals surface area contributed by atoms with Crippen LogP contribution in [-0.2, 0) is 11.3 Å². The van der Waals surface area contributed by atoms with Gasteiger partial charge in [0.15, 0.2) is 0 Å². The van der Waals surface area contributed by atoms with Gasteiger partial charge in [-0.3, -0.25) is 4.79 Å². The summed E-state index contributed by atoms with van der Waals surface area (Å²) in [7, 11) is 0. The lowest BCUT2D eigenvalue weighted by molar-refractivity contribution is -0.124. The Kier molecular flexibility index (Phi) is 4.81. The summed E-state index contributed by atoms with van der Waals surface area (Å²) in [5.74, 6) is 1.10. The van der Waals surface area contributed by atoms with Gasteiger partial charge in [0.25, 0.3) is 0 Å². The topological polar surface area (TPSA) is 81.9 Å². The number of para-hydroxylation sites is 1. The summed E-state index contributed by atoms with van der Waals surface area (Å²) in [5, 5.41) is 6.81. The third-order valence-corrected chi connectivity index (χ3v) is 3.44. The van der Waals surface area contributed by atoms with Crippen LogP contribution in [0.15, 0.2) is 61.3 Å². The average molecular weight is 323 g/mol. The second-order valence-electron chi connectivity index (χ2n) is 5.19. The third-order valence-electron chi connectivity index (χ3n) is 3.44. The van der Waals surface area contributed by atoms with E-state index in [9.17, 15) is 4.79 Å². The number of carbonyl (C=O) groups excluding carboxylic acids is 1. The standard InChI is InChI=1S/C17H17N5O2/c1-13(22-12-18-11-21-22)17(23)20-10-14-7-8-16(19-9-14)24-15-5-3-2-4-6-15/h2-9,11-13H,10H2,1H3,(H,20,23). The monoisotopic (exact) mass is 323 g/mol. The first-order valence-electron chi connectivity index (χ1n) is 7.52. The Labute approximate surface area is 139 Å². The SMILES string of the molecule is CC(C(=O)NCc1ccc(Oc2ccccc2)nc1)n1cncn1. The molecular weight excluding hydrogens is 306 g/mol. The van der Waals surface area contributed by atoms with Crippen molar-refractivity contribution in [2.45, 2.75) is 19.5 Å². The van der Waals surface area contributed by atoms with Crippen molar-refractivity contribution in [2.75, 3.05) is 0 Å². The van der Waals surface area contributed by atoms with Crippen molar-refractivity contribution in [1.82, 2.24) is 25.1 Å². The van der Waals surface area contributed by atoms with Gasteiger partial charge in [-0.05, 0) is 24.6 Å². The second kappa shape index (κ2) is 7.36. The predicted molar refractivity (Wildman–Crippen MR) is 87.3 cm³/mol. The molecule has 1 N–H and O–H groups in total. The number of nitrogens with one attached hydrogen (secondary N) is 1. The first-order valence-corrected chi connectivity index (χ1v) is 7.52. The number of hydrogen-bond acceptors (Lipinski definition) is 5. The highest BCUT2D eigenvalue weighted by Crippen LogP contribution is 2.18. The molecule has 1 unspecified atom stereocenters. The van der Waals surface area contributed by atoms with Gasteiger partial charge in [0.1, 0.15) is 24.4 Å². The van der Waals surface area contributed by atoms with E-state index in [4.69, 9.17) is 4.74 Å². The lowest BCUT2D eigenvalue weighted by Gasteiger charge is -2.12. The highest BCUT2D eigenvalue weighted by molar-refractivity contribution is 5.79. The molecule has 1 atom stereocenters. The zero-order chi connectivity index (χ0) is 16.8. The number of nitrogens with zero attached hydrogens (tertiary/aromatic N) is 4. The summed E-state index contributed by atoms with van der Waals surface area (Å²) in [4.78, 5) is 20.2. The maximum absolute atomic E-state index is 12.1. The van der Waals surface area contributed by atoms with Crippen molar-refractivity contribution in [3.8, 4) is 11.6 Å². The Balaban J connectivity index is 1.54. The summed E-state index contributed by atoms with van der Waals surface area (Å²) in [6.45, 7) is 2.15. The molecule has 24 heavy (non-hydrogen) atoms. The number of benzene rings is 1. The molecule has 122 valence electrons. The summed E-state index contributed by atoms with van der Waals surface area (Å²) >= 11 is 0. The number of rotatable bonds is 6. The smallest absolute Gasteiger partial charge is 0.244 e. The van der Waals surface area contributed by atoms with E-state index in [1.807, 2.05) is 36.4 Å². The number of aromatic nitrogens is 4. The van der Waals surface area contributed by atoms with E-state index in [-0.39, 0.29) is 5.91 Å². The first-order chi connectivity index (χ1) is 11.7. The van der Waals surface area contributed by atoms with Gasteiger partial charge < -0.3 is 10.1 Å². The van der Waals surface area contributed by atoms with Crippen molar-refractivity contribution in [2.24, 2.45) is 0 Å². The third kappa shape index (κ3) is 3.95. The van der Waals surface area contributed by atoms with Crippen molar-refractivity contribution in [3.63, 3.8) is 0 Å². The van der Waals surface area contributed by atoms with E-state index in [1.165, 1.54) is 17.3 Å². The van der Waals surface area contributed by atoms with Crippen molar-refractivity contribution >= 4 is 5.91 Å². The molecule has 0 spiro atoms. The molecule has 1 amide bonds. The minimum Gasteiger partial charge on any atom is -0.439 e. The van der Waals surface area contributed by atoms with Crippen molar-refractivity contribution < 1.29 is 9.53 Å². The number of amides is 1. The molecule has 0 saturated carbocycles. The summed E-state index contributed by atoms with van der Waals surface area (Å²) < 4.78 is 7.13. The van der Waals surface area contributed by atoms with Crippen LogP contribution in [0.25, 0.3) is 0 Å². The number of ether oxygens (including phenoxy) is 1. The molecule has 7 heteroatoms. The fraction of sp³-hybridized carbons (Fsp3) is 0.176. The molecule has 0 bridgehead atoms. The highest BCUT2D eigenvalue weighted by atomic mass is 16.5. The zero-order valence-corrected chi connectivity index (χ0v) is 13.2. The van der Waals surface area contributed by atoms with Crippen LogP contribution in [-0.4, -0.2) is 25.7 Å². The molecule has 0 radical (unpaired) electrons. The van der Waals surface area contributed by atoms with Gasteiger partial charge in [0, 0.05) is 18.8 Å². The van der Waals surface area contributed by atoms with Gasteiger partial charge in [-0.25, -0.2) is 14.6 Å². The summed E-state index contributed by atoms with van der Waals surface area (Å²) in [6.07, 6.45) is 4.60. The Morgan fingerprint density at radius 3 is 2.75 bits per heavy atom. The van der Waals surface area contributed by atoms with E-state index in [1.54, 1.807) is 19.2 Å². The van der Waals surface area contributed by atoms with E-state index in [0.29, 0.717) is 12.4 Å². The molecule has 0 aliphatic carbocycles. The van der Waals surface area contributed by atoms with Gasteiger partial charge in [-0.1, -0.05) is 24.3 Å². The van der Waals surface area contributed by atoms with Crippen molar-refractivity contribution in [1.29, 1.82) is 0 Å². The Morgan fingerprint density at radius 1 is 1.25 bits per heavy atom. The van der Waals surface area contributed by atoms with Gasteiger partial charge in [0.2, 0.25) is 11.8 Å². The highest BCUT2D eigenvalue weighted by Gasteiger charge is 2.14. The van der Waals surface area contributed by atoms with Crippen LogP contribution in [0.2, 0.25) is 0 Å². The largest absolute Gasteiger partial charge is 0.439 e. The van der Waals surface area contributed by atoms with Crippen LogP contribution >= 0.6 is 0 Å². The second-order valence-corrected chi connectivity index (χ2v) is 5.19. The van der Waals surface area contributed by atoms with Crippen LogP contribution in [0.5, 0.6) is 11.6 Å². The molecule has 3 aromatic rings. The molecule has 0 saturated heterocycles. The summed E-state index contributed by atoms with van der Waals surface area (Å²) in [6, 6.07) is 12.7. The molecule has 1 aromatic carbocycles. The maximum Gasteiger partial charge on any atom is 0.244 e. The van der Waals surface area contributed by atoms with Crippen molar-refractivity contribution in [3.05, 3.63) is 66.9 Å². The fourth-order valence-electron chi connectivity index (χ4n) is 2.06. The fourth-order valence-corrected chi connectivity index (χ4v) is 2.06. The number of pyridine rings is 1. The van der Waals surface area contributed by atoms with Gasteiger partial charge in [-0.15, -0.1) is 0 Å². The predicted octanol–water partition coefficient (Wildman–Crippen LogP) is 2.34. The van der Waals surface area contributed by atoms with E-state index < -0.39 is 6.04 Å². The lowest BCUT2D eigenvalue weighted by atomic mass is 10.2. The van der Waals surface area contributed by atoms with Crippen LogP contribution < -0.4 is 10.1 Å². The Bertz CT molecular complexity index is 773. The quantitative estimate of drug-likeness (QED) is 0.753. The molecule has 0 fully saturated rings. The zero-order valence-electron chi connectivity index (χ0n) is 13.2. The molecular formula is C17H17N5O2. The van der Waals surface area contributed by atoms with E-state index in [0.717, 1.165) is 11.3 Å². The molecule has 7 nitrogen and oxygen atoms in total. The first kappa shape index (κ1) is 15.7. The maximum atomic E-state index is 12.1. The average Bonchev–Trinajstić information content (AvgIpc) is 3.16. The molecule has 2 aromatic heterocycles. The lowest BCUT2D eigenvalue weighted by Crippen LogP contribution is -2.30. The molecule has 2 heterocycles. The molecule has 0 aliphatic rings. The van der Waals surface area contributed by atoms with Gasteiger partial charge >= 0.3 is 0 Å². The normalized spacial score (nSPS) is 11.7. The Morgan fingerprint density at radius 2 is 2.08 bits per heavy atom. The molecule has 3 rings (SSSR count). The van der Waals surface area contributed by atoms with Crippen LogP contribution in [0.3, 0.4) is 0 Å². The molecule has 0 aliphatic heterocycles. The van der Waals surface area contributed by atoms with E-state index in [2.05, 4.69) is 20.4 Å². The van der Waals surface area contributed by atoms with Crippen LogP contribution in [0.1, 0.15) is 18.5 Å². The number of carbonyl (C=O) groups is 1. The van der Waals surface area contributed by atoms with E-state index >= 15 is 0 Å². The van der Waals surface area contributed by atoms with Crippen LogP contribution in [0, 0.1) is 0 Å². The minimum absolute atomic E-state index is 0.134.